The molecule has 7 heteroatoms. The second kappa shape index (κ2) is 5.76. The molecule has 2 rings (SSSR count). The first-order valence-corrected chi connectivity index (χ1v) is 5.59. The van der Waals surface area contributed by atoms with Gasteiger partial charge in [-0.2, -0.15) is 5.10 Å². The van der Waals surface area contributed by atoms with Crippen molar-refractivity contribution in [2.24, 2.45) is 0 Å². The molecule has 0 aliphatic carbocycles. The molecule has 0 spiro atoms. The first-order chi connectivity index (χ1) is 9.16. The number of hydrogen-bond donors (Lipinski definition) is 3. The normalized spacial score (nSPS) is 10.1. The number of carbonyl (C=O) groups excluding carboxylic acids is 1. The molecular formula is C12H12N4O3. The molecule has 1 heterocycles. The van der Waals surface area contributed by atoms with Gasteiger partial charge in [-0.25, -0.2) is 9.78 Å². The van der Waals surface area contributed by atoms with Gasteiger partial charge in [0.05, 0.1) is 18.5 Å². The molecule has 98 valence electrons. The summed E-state index contributed by atoms with van der Waals surface area (Å²) in [4.78, 5) is 26.6. The van der Waals surface area contributed by atoms with Crippen LogP contribution in [-0.4, -0.2) is 32.2 Å². The number of aromatic carboxylic acids is 1. The lowest BCUT2D eigenvalue weighted by Crippen LogP contribution is -2.25. The molecule has 0 aliphatic heterocycles. The standard InChI is InChI=1S/C12H12N4O3/c17-11(13-6-10-14-7-15-16-10)5-8-3-1-2-4-9(8)12(18)19/h1-4,7H,5-6H2,(H,13,17)(H,18,19)(H,14,15,16). The van der Waals surface area contributed by atoms with E-state index in [0.29, 0.717) is 11.4 Å². The molecular weight excluding hydrogens is 248 g/mol. The van der Waals surface area contributed by atoms with E-state index >= 15 is 0 Å². The molecule has 7 nitrogen and oxygen atoms in total. The third-order valence-electron chi connectivity index (χ3n) is 2.52. The molecule has 3 N–H and O–H groups in total. The van der Waals surface area contributed by atoms with Crippen LogP contribution in [0.2, 0.25) is 0 Å². The van der Waals surface area contributed by atoms with Crippen LogP contribution < -0.4 is 5.32 Å². The number of nitrogens with zero attached hydrogens (tertiary/aromatic N) is 2. The number of carbonyl (C=O) groups is 2. The largest absolute Gasteiger partial charge is 0.478 e. The zero-order valence-corrected chi connectivity index (χ0v) is 9.96. The Morgan fingerprint density at radius 2 is 2.11 bits per heavy atom. The van der Waals surface area contributed by atoms with Crippen LogP contribution in [-0.2, 0) is 17.8 Å². The summed E-state index contributed by atoms with van der Waals surface area (Å²) in [5.41, 5.74) is 0.613. The lowest BCUT2D eigenvalue weighted by atomic mass is 10.0. The van der Waals surface area contributed by atoms with Crippen molar-refractivity contribution in [3.63, 3.8) is 0 Å². The molecule has 1 aromatic carbocycles. The van der Waals surface area contributed by atoms with Crippen molar-refractivity contribution in [3.05, 3.63) is 47.5 Å². The summed E-state index contributed by atoms with van der Waals surface area (Å²) in [6.45, 7) is 0.230. The van der Waals surface area contributed by atoms with E-state index in [1.807, 2.05) is 0 Å². The molecule has 0 fully saturated rings. The number of benzene rings is 1. The van der Waals surface area contributed by atoms with E-state index in [2.05, 4.69) is 20.5 Å². The summed E-state index contributed by atoms with van der Waals surface area (Å²) in [7, 11) is 0. The van der Waals surface area contributed by atoms with Crippen LogP contribution in [0.3, 0.4) is 0 Å². The Morgan fingerprint density at radius 1 is 1.32 bits per heavy atom. The number of amides is 1. The molecule has 0 aliphatic rings. The number of carboxylic acids is 1. The highest BCUT2D eigenvalue weighted by Crippen LogP contribution is 2.09. The smallest absolute Gasteiger partial charge is 0.335 e. The highest BCUT2D eigenvalue weighted by Gasteiger charge is 2.12. The Kier molecular flexibility index (Phi) is 3.87. The van der Waals surface area contributed by atoms with Crippen molar-refractivity contribution < 1.29 is 14.7 Å². The number of carboxylic acid groups (broad SMARTS) is 1. The van der Waals surface area contributed by atoms with Crippen molar-refractivity contribution >= 4 is 11.9 Å². The monoisotopic (exact) mass is 260 g/mol. The van der Waals surface area contributed by atoms with Gasteiger partial charge >= 0.3 is 5.97 Å². The highest BCUT2D eigenvalue weighted by molar-refractivity contribution is 5.91. The molecule has 19 heavy (non-hydrogen) atoms. The van der Waals surface area contributed by atoms with Crippen molar-refractivity contribution in [3.8, 4) is 0 Å². The van der Waals surface area contributed by atoms with Gasteiger partial charge < -0.3 is 10.4 Å². The second-order valence-corrected chi connectivity index (χ2v) is 3.85. The maximum absolute atomic E-state index is 11.7. The van der Waals surface area contributed by atoms with Crippen LogP contribution in [0.15, 0.2) is 30.6 Å². The fraction of sp³-hybridized carbons (Fsp3) is 0.167. The molecule has 0 saturated heterocycles. The zero-order valence-electron chi connectivity index (χ0n) is 9.96. The van der Waals surface area contributed by atoms with E-state index in [1.165, 1.54) is 12.4 Å². The molecule has 1 aromatic heterocycles. The molecule has 0 atom stereocenters. The Bertz CT molecular complexity index is 580. The third kappa shape index (κ3) is 3.38. The summed E-state index contributed by atoms with van der Waals surface area (Å²) in [5.74, 6) is -0.774. The molecule has 0 unspecified atom stereocenters. The summed E-state index contributed by atoms with van der Waals surface area (Å²) in [5, 5.41) is 17.9. The maximum Gasteiger partial charge on any atom is 0.335 e. The van der Waals surface area contributed by atoms with Gasteiger partial charge in [0.25, 0.3) is 0 Å². The first kappa shape index (κ1) is 12.7. The Labute approximate surface area is 108 Å². The maximum atomic E-state index is 11.7. The zero-order chi connectivity index (χ0) is 13.7. The van der Waals surface area contributed by atoms with Crippen LogP contribution in [0.5, 0.6) is 0 Å². The Hall–Kier alpha value is -2.70. The van der Waals surface area contributed by atoms with Crippen LogP contribution in [0, 0.1) is 0 Å². The van der Waals surface area contributed by atoms with E-state index in [0.717, 1.165) is 0 Å². The molecule has 0 bridgehead atoms. The fourth-order valence-corrected chi connectivity index (χ4v) is 1.62. The van der Waals surface area contributed by atoms with E-state index in [9.17, 15) is 9.59 Å². The minimum Gasteiger partial charge on any atom is -0.478 e. The van der Waals surface area contributed by atoms with Crippen molar-refractivity contribution in [2.75, 3.05) is 0 Å². The minimum atomic E-state index is -1.04. The minimum absolute atomic E-state index is 0.0105. The van der Waals surface area contributed by atoms with Gasteiger partial charge in [-0.05, 0) is 11.6 Å². The van der Waals surface area contributed by atoms with E-state index in [1.54, 1.807) is 18.2 Å². The van der Waals surface area contributed by atoms with E-state index in [4.69, 9.17) is 5.11 Å². The Balaban J connectivity index is 1.97. The number of H-pyrrole nitrogens is 1. The first-order valence-electron chi connectivity index (χ1n) is 5.59. The van der Waals surface area contributed by atoms with Crippen molar-refractivity contribution in [1.29, 1.82) is 0 Å². The van der Waals surface area contributed by atoms with Gasteiger partial charge in [-0.1, -0.05) is 18.2 Å². The van der Waals surface area contributed by atoms with Crippen molar-refractivity contribution in [2.45, 2.75) is 13.0 Å². The lowest BCUT2D eigenvalue weighted by molar-refractivity contribution is -0.120. The van der Waals surface area contributed by atoms with Gasteiger partial charge in [0.15, 0.2) is 0 Å². The SMILES string of the molecule is O=C(Cc1ccccc1C(=O)O)NCc1ncn[nH]1. The number of rotatable bonds is 5. The number of nitrogens with one attached hydrogen (secondary N) is 2. The predicted octanol–water partition coefficient (Wildman–Crippen LogP) is 0.362. The van der Waals surface area contributed by atoms with Crippen LogP contribution in [0.1, 0.15) is 21.7 Å². The Morgan fingerprint density at radius 3 is 2.79 bits per heavy atom. The van der Waals surface area contributed by atoms with Crippen molar-refractivity contribution in [1.82, 2.24) is 20.5 Å². The average Bonchev–Trinajstić information content (AvgIpc) is 2.90. The molecule has 0 saturated carbocycles. The van der Waals surface area contributed by atoms with E-state index < -0.39 is 5.97 Å². The molecule has 0 radical (unpaired) electrons. The van der Waals surface area contributed by atoms with Gasteiger partial charge in [0.2, 0.25) is 5.91 Å². The highest BCUT2D eigenvalue weighted by atomic mass is 16.4. The van der Waals surface area contributed by atoms with Gasteiger partial charge in [0.1, 0.15) is 12.2 Å². The van der Waals surface area contributed by atoms with Gasteiger partial charge in [-0.15, -0.1) is 0 Å². The summed E-state index contributed by atoms with van der Waals surface area (Å²) >= 11 is 0. The summed E-state index contributed by atoms with van der Waals surface area (Å²) in [6, 6.07) is 6.42. The van der Waals surface area contributed by atoms with Crippen LogP contribution >= 0.6 is 0 Å². The average molecular weight is 260 g/mol. The van der Waals surface area contributed by atoms with Gasteiger partial charge in [0, 0.05) is 0 Å². The quantitative estimate of drug-likeness (QED) is 0.719. The van der Waals surface area contributed by atoms with Crippen LogP contribution in [0.4, 0.5) is 0 Å². The predicted molar refractivity (Wildman–Crippen MR) is 65.3 cm³/mol. The summed E-state index contributed by atoms with van der Waals surface area (Å²) < 4.78 is 0. The third-order valence-corrected chi connectivity index (χ3v) is 2.52. The number of hydrogen-bond acceptors (Lipinski definition) is 4. The molecule has 2 aromatic rings. The second-order valence-electron chi connectivity index (χ2n) is 3.85. The summed E-state index contributed by atoms with van der Waals surface area (Å²) in [6.07, 6.45) is 1.36. The van der Waals surface area contributed by atoms with Gasteiger partial charge in [-0.3, -0.25) is 9.89 Å². The number of aromatic amines is 1. The molecule has 1 amide bonds. The fourth-order valence-electron chi connectivity index (χ4n) is 1.62. The lowest BCUT2D eigenvalue weighted by Gasteiger charge is -2.06. The van der Waals surface area contributed by atoms with E-state index in [-0.39, 0.29) is 24.4 Å². The van der Waals surface area contributed by atoms with Crippen LogP contribution in [0.25, 0.3) is 0 Å². The number of aromatic nitrogens is 3. The topological polar surface area (TPSA) is 108 Å².